The molecule has 48 heavy (non-hydrogen) atoms. The highest BCUT2D eigenvalue weighted by Gasteiger charge is 2.52. The number of rotatable bonds is 30. The van der Waals surface area contributed by atoms with E-state index in [4.69, 9.17) is 10.5 Å². The van der Waals surface area contributed by atoms with Crippen molar-refractivity contribution in [3.05, 3.63) is 0 Å². The predicted octanol–water partition coefficient (Wildman–Crippen LogP) is 4.83. The van der Waals surface area contributed by atoms with E-state index in [0.717, 1.165) is 38.5 Å². The van der Waals surface area contributed by atoms with Crippen molar-refractivity contribution in [3.8, 4) is 0 Å². The summed E-state index contributed by atoms with van der Waals surface area (Å²) in [5, 5.41) is 36.8. The van der Waals surface area contributed by atoms with Gasteiger partial charge in [0.05, 0.1) is 19.3 Å². The van der Waals surface area contributed by atoms with E-state index in [-0.39, 0.29) is 31.8 Å². The third-order valence-corrected chi connectivity index (χ3v) is 9.55. The second-order valence-electron chi connectivity index (χ2n) is 13.9. The standard InChI is InChI=1S/C37H72N4O7/c1-4-6-8-10-12-14-15-16-18-20-22-24-26-41(33(45)25-23-21-19-17-13-11-9-7-5-2)37(27-30(43)35(46)32(29-42)48-37)40-36(47)34(38)31(44)28-39-3/h30,32,34-35,39,42-43,46H,4-29,38H2,1-3H3,(H,40,47)/t30-,32-,34?,35+,37+/m1/s1. The molecule has 0 saturated carbocycles. The van der Waals surface area contributed by atoms with E-state index in [0.29, 0.717) is 12.8 Å². The van der Waals surface area contributed by atoms with Gasteiger partial charge in [0.15, 0.2) is 5.78 Å². The number of hydrogen-bond acceptors (Lipinski definition) is 9. The van der Waals surface area contributed by atoms with Gasteiger partial charge >= 0.3 is 0 Å². The minimum Gasteiger partial charge on any atom is -0.394 e. The Hall–Kier alpha value is -1.63. The highest BCUT2D eigenvalue weighted by atomic mass is 16.6. The van der Waals surface area contributed by atoms with E-state index in [9.17, 15) is 29.7 Å². The summed E-state index contributed by atoms with van der Waals surface area (Å²) in [5.41, 5.74) is 5.99. The summed E-state index contributed by atoms with van der Waals surface area (Å²) in [6.07, 6.45) is 19.6. The number of nitrogens with zero attached hydrogens (tertiary/aromatic N) is 1. The summed E-state index contributed by atoms with van der Waals surface area (Å²) in [4.78, 5) is 41.2. The van der Waals surface area contributed by atoms with Gasteiger partial charge in [-0.05, 0) is 19.9 Å². The van der Waals surface area contributed by atoms with E-state index < -0.39 is 48.5 Å². The van der Waals surface area contributed by atoms with E-state index in [1.807, 2.05) is 0 Å². The number of amides is 2. The molecule has 282 valence electrons. The van der Waals surface area contributed by atoms with Crippen molar-refractivity contribution in [2.24, 2.45) is 5.73 Å². The summed E-state index contributed by atoms with van der Waals surface area (Å²) >= 11 is 0. The number of likely N-dealkylation sites (N-methyl/N-ethyl adjacent to an activating group) is 1. The Morgan fingerprint density at radius 1 is 0.792 bits per heavy atom. The molecule has 1 aliphatic heterocycles. The number of hydrogen-bond donors (Lipinski definition) is 6. The van der Waals surface area contributed by atoms with Crippen molar-refractivity contribution in [2.75, 3.05) is 26.7 Å². The maximum atomic E-state index is 13.9. The molecule has 1 fully saturated rings. The zero-order chi connectivity index (χ0) is 35.6. The van der Waals surface area contributed by atoms with Crippen LogP contribution in [0.3, 0.4) is 0 Å². The van der Waals surface area contributed by atoms with Crippen LogP contribution in [0.25, 0.3) is 0 Å². The fourth-order valence-corrected chi connectivity index (χ4v) is 6.53. The third-order valence-electron chi connectivity index (χ3n) is 9.55. The first-order valence-electron chi connectivity index (χ1n) is 19.4. The van der Waals surface area contributed by atoms with Gasteiger partial charge in [0.1, 0.15) is 18.2 Å². The molecule has 0 aliphatic carbocycles. The Morgan fingerprint density at radius 2 is 1.25 bits per heavy atom. The van der Waals surface area contributed by atoms with Gasteiger partial charge in [0.2, 0.25) is 17.7 Å². The lowest BCUT2D eigenvalue weighted by atomic mass is 9.95. The van der Waals surface area contributed by atoms with Crippen LogP contribution >= 0.6 is 0 Å². The molecule has 1 saturated heterocycles. The molecule has 0 bridgehead atoms. The van der Waals surface area contributed by atoms with Crippen LogP contribution in [-0.2, 0) is 19.1 Å². The van der Waals surface area contributed by atoms with Gasteiger partial charge in [0.25, 0.3) is 0 Å². The SMILES string of the molecule is CCCCCCCCCCCCCCN(C(=O)CCCCCCCCCCC)[C@@]1(NC(=O)C(N)C(=O)CNC)C[C@@H](O)[C@H](O)[C@@H](CO)O1. The van der Waals surface area contributed by atoms with Crippen molar-refractivity contribution in [1.29, 1.82) is 0 Å². The Morgan fingerprint density at radius 3 is 1.71 bits per heavy atom. The molecule has 0 radical (unpaired) electrons. The minimum atomic E-state index is -1.88. The van der Waals surface area contributed by atoms with Crippen LogP contribution in [0.5, 0.6) is 0 Å². The number of unbranched alkanes of at least 4 members (excludes halogenated alkanes) is 19. The molecule has 0 aromatic carbocycles. The lowest BCUT2D eigenvalue weighted by molar-refractivity contribution is -0.280. The Balaban J connectivity index is 2.97. The largest absolute Gasteiger partial charge is 0.394 e. The predicted molar refractivity (Wildman–Crippen MR) is 191 cm³/mol. The van der Waals surface area contributed by atoms with Gasteiger partial charge in [0, 0.05) is 19.4 Å². The maximum Gasteiger partial charge on any atom is 0.248 e. The molecule has 5 atom stereocenters. The van der Waals surface area contributed by atoms with Crippen molar-refractivity contribution in [2.45, 2.75) is 192 Å². The van der Waals surface area contributed by atoms with E-state index in [1.165, 1.54) is 88.4 Å². The van der Waals surface area contributed by atoms with Crippen LogP contribution in [0.4, 0.5) is 0 Å². The van der Waals surface area contributed by atoms with Gasteiger partial charge in [-0.2, -0.15) is 0 Å². The molecule has 1 rings (SSSR count). The number of carbonyl (C=O) groups is 3. The zero-order valence-corrected chi connectivity index (χ0v) is 30.7. The minimum absolute atomic E-state index is 0.122. The number of aliphatic hydroxyl groups excluding tert-OH is 3. The van der Waals surface area contributed by atoms with Crippen LogP contribution in [0.1, 0.15) is 162 Å². The van der Waals surface area contributed by atoms with Crippen LogP contribution in [0, 0.1) is 0 Å². The van der Waals surface area contributed by atoms with E-state index in [1.54, 1.807) is 7.05 Å². The van der Waals surface area contributed by atoms with Crippen LogP contribution in [0.2, 0.25) is 0 Å². The first-order chi connectivity index (χ1) is 23.2. The number of nitrogens with one attached hydrogen (secondary N) is 2. The lowest BCUT2D eigenvalue weighted by Gasteiger charge is -2.51. The Labute approximate surface area is 291 Å². The molecule has 1 unspecified atom stereocenters. The molecule has 2 amide bonds. The second-order valence-corrected chi connectivity index (χ2v) is 13.9. The normalized spacial score (nSPS) is 21.6. The molecular weight excluding hydrogens is 612 g/mol. The number of Topliss-reactive ketones (excluding diaryl/α,β-unsaturated/α-hetero) is 1. The third kappa shape index (κ3) is 17.3. The van der Waals surface area contributed by atoms with Crippen molar-refractivity contribution >= 4 is 17.6 Å². The van der Waals surface area contributed by atoms with Crippen LogP contribution < -0.4 is 16.4 Å². The number of ether oxygens (including phenoxy) is 1. The zero-order valence-electron chi connectivity index (χ0n) is 30.7. The topological polar surface area (TPSA) is 174 Å². The molecule has 11 heteroatoms. The smallest absolute Gasteiger partial charge is 0.248 e. The molecule has 0 aromatic heterocycles. The van der Waals surface area contributed by atoms with E-state index >= 15 is 0 Å². The first-order valence-corrected chi connectivity index (χ1v) is 19.4. The number of nitrogens with two attached hydrogens (primary N) is 1. The van der Waals surface area contributed by atoms with Gasteiger partial charge in [-0.1, -0.05) is 136 Å². The van der Waals surface area contributed by atoms with Crippen molar-refractivity contribution < 1.29 is 34.4 Å². The summed E-state index contributed by atoms with van der Waals surface area (Å²) in [5.74, 6) is -3.54. The number of carbonyl (C=O) groups excluding carboxylic acids is 3. The first kappa shape index (κ1) is 44.4. The van der Waals surface area contributed by atoms with Crippen molar-refractivity contribution in [3.63, 3.8) is 0 Å². The van der Waals surface area contributed by atoms with Gasteiger partial charge in [-0.3, -0.25) is 19.3 Å². The van der Waals surface area contributed by atoms with Gasteiger partial charge < -0.3 is 36.4 Å². The quantitative estimate of drug-likeness (QED) is 0.0352. The number of aliphatic hydroxyl groups is 3. The van der Waals surface area contributed by atoms with Gasteiger partial charge in [-0.25, -0.2) is 0 Å². The van der Waals surface area contributed by atoms with E-state index in [2.05, 4.69) is 24.5 Å². The lowest BCUT2D eigenvalue weighted by Crippen LogP contribution is -2.72. The van der Waals surface area contributed by atoms with Crippen LogP contribution in [-0.4, -0.2) is 94.8 Å². The summed E-state index contributed by atoms with van der Waals surface area (Å²) in [7, 11) is 1.57. The molecule has 1 aliphatic rings. The average molecular weight is 685 g/mol. The highest BCUT2D eigenvalue weighted by Crippen LogP contribution is 2.32. The fourth-order valence-electron chi connectivity index (χ4n) is 6.53. The average Bonchev–Trinajstić information content (AvgIpc) is 3.07. The summed E-state index contributed by atoms with van der Waals surface area (Å²) in [6, 6.07) is -1.53. The number of ketones is 1. The molecule has 0 aromatic rings. The summed E-state index contributed by atoms with van der Waals surface area (Å²) < 4.78 is 6.13. The molecular formula is C37H72N4O7. The summed E-state index contributed by atoms with van der Waals surface area (Å²) in [6.45, 7) is 3.92. The fraction of sp³-hybridized carbons (Fsp3) is 0.919. The Bertz CT molecular complexity index is 864. The van der Waals surface area contributed by atoms with Gasteiger partial charge in [-0.15, -0.1) is 0 Å². The highest BCUT2D eigenvalue weighted by molar-refractivity contribution is 6.06. The monoisotopic (exact) mass is 685 g/mol. The molecule has 7 N–H and O–H groups in total. The van der Waals surface area contributed by atoms with Crippen LogP contribution in [0.15, 0.2) is 0 Å². The second kappa shape index (κ2) is 27.1. The molecule has 1 heterocycles. The van der Waals surface area contributed by atoms with Crippen molar-refractivity contribution in [1.82, 2.24) is 15.5 Å². The molecule has 0 spiro atoms. The maximum absolute atomic E-state index is 13.9. The Kier molecular flexibility index (Phi) is 25.1. The molecule has 11 nitrogen and oxygen atoms in total.